The number of carbonyl (C=O) groups is 1. The van der Waals surface area contributed by atoms with E-state index in [9.17, 15) is 4.79 Å². The molecule has 0 atom stereocenters. The number of para-hydroxylation sites is 1. The summed E-state index contributed by atoms with van der Waals surface area (Å²) in [5.74, 6) is 0.394. The Morgan fingerprint density at radius 3 is 2.86 bits per heavy atom. The van der Waals surface area contributed by atoms with Crippen molar-refractivity contribution in [2.45, 2.75) is 6.92 Å². The van der Waals surface area contributed by atoms with Gasteiger partial charge >= 0.3 is 0 Å². The second kappa shape index (κ2) is 5.45. The molecular weight excluding hydrogens is 198 g/mol. The maximum Gasteiger partial charge on any atom is 0.221 e. The van der Waals surface area contributed by atoms with E-state index in [0.717, 1.165) is 11.3 Å². The van der Waals surface area contributed by atoms with Gasteiger partial charge in [0, 0.05) is 18.5 Å². The molecule has 0 unspecified atom stereocenters. The van der Waals surface area contributed by atoms with Crippen molar-refractivity contribution >= 4 is 29.3 Å². The van der Waals surface area contributed by atoms with Crippen LogP contribution in [0.3, 0.4) is 0 Å². The Hall–Kier alpha value is -1.28. The van der Waals surface area contributed by atoms with Gasteiger partial charge in [-0.3, -0.25) is 4.79 Å². The summed E-state index contributed by atoms with van der Waals surface area (Å²) in [6, 6.07) is 7.58. The molecular formula is C11H12ClNO. The summed E-state index contributed by atoms with van der Waals surface area (Å²) in [5.41, 5.74) is 1.77. The van der Waals surface area contributed by atoms with Crippen LogP contribution in [0.15, 0.2) is 30.3 Å². The van der Waals surface area contributed by atoms with Gasteiger partial charge < -0.3 is 5.32 Å². The molecule has 0 spiro atoms. The number of rotatable bonds is 3. The summed E-state index contributed by atoms with van der Waals surface area (Å²) in [5, 5.41) is 2.75. The molecule has 0 radical (unpaired) electrons. The smallest absolute Gasteiger partial charge is 0.221 e. The number of carbonyl (C=O) groups excluding carboxylic acids is 1. The maximum atomic E-state index is 10.9. The third-order valence-corrected chi connectivity index (χ3v) is 1.84. The molecule has 1 aromatic rings. The van der Waals surface area contributed by atoms with E-state index in [1.165, 1.54) is 6.92 Å². The lowest BCUT2D eigenvalue weighted by Gasteiger charge is -2.05. The van der Waals surface area contributed by atoms with Crippen LogP contribution in [-0.4, -0.2) is 11.8 Å². The van der Waals surface area contributed by atoms with Crippen LogP contribution in [0.25, 0.3) is 6.08 Å². The first-order valence-corrected chi connectivity index (χ1v) is 4.86. The number of halogens is 1. The Labute approximate surface area is 88.6 Å². The van der Waals surface area contributed by atoms with Gasteiger partial charge in [0.05, 0.1) is 0 Å². The predicted molar refractivity (Wildman–Crippen MR) is 60.5 cm³/mol. The molecule has 1 amide bonds. The first-order chi connectivity index (χ1) is 6.74. The third-order valence-electron chi connectivity index (χ3n) is 1.66. The van der Waals surface area contributed by atoms with Crippen LogP contribution >= 0.6 is 11.6 Å². The van der Waals surface area contributed by atoms with Gasteiger partial charge in [0.2, 0.25) is 5.91 Å². The lowest BCUT2D eigenvalue weighted by atomic mass is 10.1. The molecule has 0 heterocycles. The number of hydrogen-bond acceptors (Lipinski definition) is 1. The monoisotopic (exact) mass is 209 g/mol. The first kappa shape index (κ1) is 10.8. The maximum absolute atomic E-state index is 10.9. The van der Waals surface area contributed by atoms with Crippen molar-refractivity contribution in [3.63, 3.8) is 0 Å². The molecule has 0 saturated heterocycles. The standard InChI is InChI=1S/C11H12ClNO/c1-9(14)13-11-7-3-2-5-10(11)6-4-8-12/h2-7H,8H2,1H3,(H,13,14). The molecule has 14 heavy (non-hydrogen) atoms. The van der Waals surface area contributed by atoms with Crippen molar-refractivity contribution in [3.05, 3.63) is 35.9 Å². The number of benzene rings is 1. The summed E-state index contributed by atoms with van der Waals surface area (Å²) in [4.78, 5) is 10.9. The van der Waals surface area contributed by atoms with Gasteiger partial charge in [0.1, 0.15) is 0 Å². The quantitative estimate of drug-likeness (QED) is 0.763. The SMILES string of the molecule is CC(=O)Nc1ccccc1C=CCCl. The van der Waals surface area contributed by atoms with E-state index in [-0.39, 0.29) is 5.91 Å². The van der Waals surface area contributed by atoms with Crippen LogP contribution < -0.4 is 5.32 Å². The third kappa shape index (κ3) is 3.23. The number of amides is 1. The zero-order valence-corrected chi connectivity index (χ0v) is 8.71. The molecule has 0 aliphatic heterocycles. The molecule has 74 valence electrons. The minimum Gasteiger partial charge on any atom is -0.326 e. The van der Waals surface area contributed by atoms with Gasteiger partial charge in [-0.25, -0.2) is 0 Å². The van der Waals surface area contributed by atoms with E-state index in [4.69, 9.17) is 11.6 Å². The Kier molecular flexibility index (Phi) is 4.20. The van der Waals surface area contributed by atoms with Gasteiger partial charge in [-0.1, -0.05) is 30.4 Å². The molecule has 1 rings (SSSR count). The fraction of sp³-hybridized carbons (Fsp3) is 0.182. The van der Waals surface area contributed by atoms with Crippen molar-refractivity contribution in [3.8, 4) is 0 Å². The fourth-order valence-electron chi connectivity index (χ4n) is 1.12. The molecule has 0 saturated carbocycles. The minimum absolute atomic E-state index is 0.0725. The van der Waals surface area contributed by atoms with Gasteiger partial charge in [0.15, 0.2) is 0 Å². The van der Waals surface area contributed by atoms with Crippen LogP contribution in [0.2, 0.25) is 0 Å². The molecule has 3 heteroatoms. The Bertz CT molecular complexity index is 347. The van der Waals surface area contributed by atoms with E-state index < -0.39 is 0 Å². The summed E-state index contributed by atoms with van der Waals surface area (Å²) in [7, 11) is 0. The first-order valence-electron chi connectivity index (χ1n) is 4.33. The molecule has 0 aliphatic carbocycles. The molecule has 2 nitrogen and oxygen atoms in total. The molecule has 0 aliphatic rings. The largest absolute Gasteiger partial charge is 0.326 e. The van der Waals surface area contributed by atoms with E-state index >= 15 is 0 Å². The minimum atomic E-state index is -0.0725. The second-order valence-corrected chi connectivity index (χ2v) is 3.13. The van der Waals surface area contributed by atoms with Crippen LogP contribution in [0.4, 0.5) is 5.69 Å². The number of allylic oxidation sites excluding steroid dienone is 1. The lowest BCUT2D eigenvalue weighted by Crippen LogP contribution is -2.06. The Morgan fingerprint density at radius 2 is 2.21 bits per heavy atom. The number of nitrogens with one attached hydrogen (secondary N) is 1. The second-order valence-electron chi connectivity index (χ2n) is 2.83. The highest BCUT2D eigenvalue weighted by atomic mass is 35.5. The van der Waals surface area contributed by atoms with Crippen molar-refractivity contribution in [2.75, 3.05) is 11.2 Å². The van der Waals surface area contributed by atoms with E-state index in [1.54, 1.807) is 0 Å². The highest BCUT2D eigenvalue weighted by Crippen LogP contribution is 2.16. The van der Waals surface area contributed by atoms with Crippen molar-refractivity contribution in [1.29, 1.82) is 0 Å². The zero-order chi connectivity index (χ0) is 10.4. The topological polar surface area (TPSA) is 29.1 Å². The lowest BCUT2D eigenvalue weighted by molar-refractivity contribution is -0.114. The van der Waals surface area contributed by atoms with E-state index in [2.05, 4.69) is 5.32 Å². The zero-order valence-electron chi connectivity index (χ0n) is 7.96. The summed E-state index contributed by atoms with van der Waals surface area (Å²) >= 11 is 5.54. The normalized spacial score (nSPS) is 10.4. The van der Waals surface area contributed by atoms with Gasteiger partial charge in [-0.05, 0) is 11.6 Å². The van der Waals surface area contributed by atoms with Gasteiger partial charge in [0.25, 0.3) is 0 Å². The summed E-state index contributed by atoms with van der Waals surface area (Å²) in [6.45, 7) is 1.49. The molecule has 0 fully saturated rings. The highest BCUT2D eigenvalue weighted by Gasteiger charge is 1.98. The van der Waals surface area contributed by atoms with Crippen molar-refractivity contribution < 1.29 is 4.79 Å². The van der Waals surface area contributed by atoms with E-state index in [1.807, 2.05) is 36.4 Å². The van der Waals surface area contributed by atoms with Crippen LogP contribution in [0.1, 0.15) is 12.5 Å². The van der Waals surface area contributed by atoms with E-state index in [0.29, 0.717) is 5.88 Å². The predicted octanol–water partition coefficient (Wildman–Crippen LogP) is 2.90. The summed E-state index contributed by atoms with van der Waals surface area (Å²) < 4.78 is 0. The summed E-state index contributed by atoms with van der Waals surface area (Å²) in [6.07, 6.45) is 3.72. The Balaban J connectivity index is 2.90. The molecule has 1 N–H and O–H groups in total. The highest BCUT2D eigenvalue weighted by molar-refractivity contribution is 6.19. The number of hydrogen-bond donors (Lipinski definition) is 1. The molecule has 1 aromatic carbocycles. The Morgan fingerprint density at radius 1 is 1.50 bits per heavy atom. The van der Waals surface area contributed by atoms with Gasteiger partial charge in [-0.15, -0.1) is 11.6 Å². The number of anilines is 1. The molecule has 0 aromatic heterocycles. The van der Waals surface area contributed by atoms with Gasteiger partial charge in [-0.2, -0.15) is 0 Å². The van der Waals surface area contributed by atoms with Crippen molar-refractivity contribution in [2.24, 2.45) is 0 Å². The fourth-order valence-corrected chi connectivity index (χ4v) is 1.21. The van der Waals surface area contributed by atoms with Crippen LogP contribution in [0.5, 0.6) is 0 Å². The average Bonchev–Trinajstić information content (AvgIpc) is 2.16. The average molecular weight is 210 g/mol. The van der Waals surface area contributed by atoms with Crippen LogP contribution in [0, 0.1) is 0 Å². The molecule has 0 bridgehead atoms. The number of alkyl halides is 1. The van der Waals surface area contributed by atoms with Crippen molar-refractivity contribution in [1.82, 2.24) is 0 Å². The van der Waals surface area contributed by atoms with Crippen LogP contribution in [-0.2, 0) is 4.79 Å².